The van der Waals surface area contributed by atoms with E-state index in [1.54, 1.807) is 13.8 Å². The van der Waals surface area contributed by atoms with Crippen molar-refractivity contribution in [2.45, 2.75) is 13.8 Å². The van der Waals surface area contributed by atoms with Crippen LogP contribution in [0.1, 0.15) is 35.2 Å². The van der Waals surface area contributed by atoms with Crippen molar-refractivity contribution in [3.63, 3.8) is 0 Å². The van der Waals surface area contributed by atoms with E-state index in [1.165, 1.54) is 12.1 Å². The molecule has 0 fully saturated rings. The first-order valence-electron chi connectivity index (χ1n) is 13.0. The SMILES string of the molecule is [2H]c1c/c(=N/CC)c([2H])c2oc3c([2H])c(NCC)cc([2H])c3c(-c3c([2H])c([2H])c([2H])c([2H])c3C(=O)O)c1-2. The maximum atomic E-state index is 12.3. The molecule has 146 valence electrons. The lowest BCUT2D eigenvalue weighted by Crippen LogP contribution is -2.05. The van der Waals surface area contributed by atoms with Gasteiger partial charge in [-0.05, 0) is 49.7 Å². The molecule has 2 N–H and O–H groups in total. The van der Waals surface area contributed by atoms with Gasteiger partial charge in [-0.3, -0.25) is 4.99 Å². The van der Waals surface area contributed by atoms with Crippen molar-refractivity contribution < 1.29 is 25.3 Å². The summed E-state index contributed by atoms with van der Waals surface area (Å²) in [5.74, 6) is -1.85. The highest BCUT2D eigenvalue weighted by Crippen LogP contribution is 2.41. The molecule has 0 saturated heterocycles. The van der Waals surface area contributed by atoms with Crippen LogP contribution in [0.15, 0.2) is 69.9 Å². The number of hydrogen-bond donors (Lipinski definition) is 2. The fourth-order valence-electron chi connectivity index (χ4n) is 3.05. The number of nitrogens with zero attached hydrogens (tertiary/aromatic N) is 1. The minimum atomic E-state index is -1.64. The molecule has 5 heteroatoms. The summed E-state index contributed by atoms with van der Waals surface area (Å²) in [6.45, 7) is 4.26. The molecule has 0 radical (unpaired) electrons. The molecule has 0 amide bonds. The Kier molecular flexibility index (Phi) is 3.07. The molecule has 0 atom stereocenters. The van der Waals surface area contributed by atoms with E-state index in [2.05, 4.69) is 10.3 Å². The van der Waals surface area contributed by atoms with Gasteiger partial charge in [0.2, 0.25) is 0 Å². The Morgan fingerprint density at radius 3 is 2.72 bits per heavy atom. The number of aromatic carboxylic acids is 1. The number of hydrogen-bond acceptors (Lipinski definition) is 4. The second kappa shape index (κ2) is 7.80. The number of fused-ring (bicyclic) bond motifs is 2. The van der Waals surface area contributed by atoms with Gasteiger partial charge in [-0.25, -0.2) is 4.79 Å². The summed E-state index contributed by atoms with van der Waals surface area (Å²) in [6.07, 6.45) is 0. The van der Waals surface area contributed by atoms with Crippen LogP contribution in [0, 0.1) is 0 Å². The van der Waals surface area contributed by atoms with E-state index in [-0.39, 0.29) is 63.1 Å². The third-order valence-corrected chi connectivity index (χ3v) is 4.21. The predicted octanol–water partition coefficient (Wildman–Crippen LogP) is 5.26. The van der Waals surface area contributed by atoms with E-state index in [4.69, 9.17) is 15.4 Å². The summed E-state index contributed by atoms with van der Waals surface area (Å²) in [4.78, 5) is 16.5. The van der Waals surface area contributed by atoms with E-state index in [9.17, 15) is 9.90 Å². The van der Waals surface area contributed by atoms with Crippen LogP contribution in [-0.2, 0) is 0 Å². The van der Waals surface area contributed by atoms with Crippen LogP contribution in [0.25, 0.3) is 33.4 Å². The van der Waals surface area contributed by atoms with E-state index in [1.807, 2.05) is 0 Å². The fourth-order valence-corrected chi connectivity index (χ4v) is 3.05. The molecule has 2 aliphatic rings. The van der Waals surface area contributed by atoms with E-state index < -0.39 is 41.3 Å². The third-order valence-electron chi connectivity index (χ3n) is 4.21. The van der Waals surface area contributed by atoms with Crippen LogP contribution < -0.4 is 10.7 Å². The average Bonchev–Trinajstić information content (AvgIpc) is 2.85. The second-order valence-electron chi connectivity index (χ2n) is 6.07. The largest absolute Gasteiger partial charge is 0.478 e. The minimum Gasteiger partial charge on any atom is -0.478 e. The first-order chi connectivity index (χ1) is 17.5. The maximum Gasteiger partial charge on any atom is 0.336 e. The number of benzene rings is 3. The smallest absolute Gasteiger partial charge is 0.336 e. The van der Waals surface area contributed by atoms with Gasteiger partial charge in [0.1, 0.15) is 11.3 Å². The molecule has 1 aliphatic carbocycles. The predicted molar refractivity (Wildman–Crippen MR) is 115 cm³/mol. The topological polar surface area (TPSA) is 74.8 Å². The van der Waals surface area contributed by atoms with Crippen molar-refractivity contribution >= 4 is 22.6 Å². The summed E-state index contributed by atoms with van der Waals surface area (Å²) < 4.78 is 73.8. The fraction of sp³-hybridized carbons (Fsp3) is 0.167. The lowest BCUT2D eigenvalue weighted by atomic mass is 9.90. The van der Waals surface area contributed by atoms with Crippen molar-refractivity contribution in [2.75, 3.05) is 18.4 Å². The molecule has 2 aromatic carbocycles. The van der Waals surface area contributed by atoms with E-state index >= 15 is 0 Å². The molecule has 2 aromatic rings. The number of carboxylic acids is 1. The highest BCUT2D eigenvalue weighted by Gasteiger charge is 2.21. The summed E-state index contributed by atoms with van der Waals surface area (Å²) in [5, 5.41) is 13.0. The Balaban J connectivity index is 2.43. The molecule has 0 aromatic heterocycles. The summed E-state index contributed by atoms with van der Waals surface area (Å²) in [6, 6.07) is -1.25. The molecule has 0 spiro atoms. The molecule has 1 heterocycles. The molecule has 0 bridgehead atoms. The van der Waals surface area contributed by atoms with Gasteiger partial charge in [-0.15, -0.1) is 0 Å². The van der Waals surface area contributed by atoms with Gasteiger partial charge in [-0.2, -0.15) is 0 Å². The lowest BCUT2D eigenvalue weighted by Gasteiger charge is -2.17. The number of carbonyl (C=O) groups is 1. The van der Waals surface area contributed by atoms with Gasteiger partial charge in [0.25, 0.3) is 0 Å². The number of anilines is 1. The van der Waals surface area contributed by atoms with Crippen LogP contribution in [-0.4, -0.2) is 24.2 Å². The molecule has 0 unspecified atom stereocenters. The van der Waals surface area contributed by atoms with E-state index in [0.717, 1.165) is 0 Å². The Hall–Kier alpha value is -3.60. The summed E-state index contributed by atoms with van der Waals surface area (Å²) >= 11 is 0. The standard InChI is InChI=1S/C24H22N2O3/c1-3-25-15-9-11-19-21(13-15)29-22-14-16(26-4-2)10-12-20(22)23(19)17-7-5-6-8-18(17)24(27)28/h5-14,25H,3-4H2,1-2H3,(H,27,28)/b26-16-/i5D,6D,7D,8D,11D,12D,13D,14D. The lowest BCUT2D eigenvalue weighted by molar-refractivity contribution is 0.0697. The number of nitrogens with one attached hydrogen (secondary N) is 1. The molecule has 4 rings (SSSR count). The van der Waals surface area contributed by atoms with Gasteiger partial charge >= 0.3 is 5.97 Å². The van der Waals surface area contributed by atoms with Crippen LogP contribution in [0.2, 0.25) is 0 Å². The third kappa shape index (κ3) is 3.47. The Morgan fingerprint density at radius 2 is 1.97 bits per heavy atom. The summed E-state index contributed by atoms with van der Waals surface area (Å²) in [5.41, 5.74) is -1.48. The van der Waals surface area contributed by atoms with Gasteiger partial charge in [0.15, 0.2) is 0 Å². The monoisotopic (exact) mass is 394 g/mol. The minimum absolute atomic E-state index is 0.111. The number of carboxylic acid groups (broad SMARTS) is 1. The zero-order chi connectivity index (χ0) is 27.3. The molecule has 29 heavy (non-hydrogen) atoms. The van der Waals surface area contributed by atoms with Gasteiger partial charge in [0.05, 0.1) is 21.9 Å². The van der Waals surface area contributed by atoms with Crippen molar-refractivity contribution in [3.8, 4) is 22.5 Å². The Morgan fingerprint density at radius 1 is 1.14 bits per heavy atom. The molecule has 5 nitrogen and oxygen atoms in total. The first-order valence-corrected chi connectivity index (χ1v) is 9.05. The van der Waals surface area contributed by atoms with Crippen molar-refractivity contribution in [1.82, 2.24) is 0 Å². The van der Waals surface area contributed by atoms with Crippen molar-refractivity contribution in [2.24, 2.45) is 4.99 Å². The molecule has 0 saturated carbocycles. The number of rotatable bonds is 5. The molecule has 1 aliphatic heterocycles. The van der Waals surface area contributed by atoms with Gasteiger partial charge in [0, 0.05) is 47.4 Å². The van der Waals surface area contributed by atoms with Crippen molar-refractivity contribution in [3.05, 3.63) is 71.4 Å². The quantitative estimate of drug-likeness (QED) is 0.453. The first kappa shape index (κ1) is 11.4. The second-order valence-corrected chi connectivity index (χ2v) is 6.07. The molecular weight excluding hydrogens is 364 g/mol. The highest BCUT2D eigenvalue weighted by atomic mass is 16.4. The zero-order valence-corrected chi connectivity index (χ0v) is 15.8. The van der Waals surface area contributed by atoms with Gasteiger partial charge < -0.3 is 14.8 Å². The average molecular weight is 394 g/mol. The van der Waals surface area contributed by atoms with Crippen LogP contribution in [0.5, 0.6) is 0 Å². The van der Waals surface area contributed by atoms with Crippen molar-refractivity contribution in [1.29, 1.82) is 0 Å². The van der Waals surface area contributed by atoms with E-state index in [0.29, 0.717) is 13.1 Å². The van der Waals surface area contributed by atoms with Crippen LogP contribution in [0.3, 0.4) is 0 Å². The van der Waals surface area contributed by atoms with Crippen LogP contribution >= 0.6 is 0 Å². The normalized spacial score (nSPS) is 15.7. The zero-order valence-electron chi connectivity index (χ0n) is 23.8. The maximum absolute atomic E-state index is 12.3. The summed E-state index contributed by atoms with van der Waals surface area (Å²) in [7, 11) is 0. The van der Waals surface area contributed by atoms with Crippen LogP contribution in [0.4, 0.5) is 5.69 Å². The highest BCUT2D eigenvalue weighted by molar-refractivity contribution is 6.07. The Labute approximate surface area is 179 Å². The Bertz CT molecular complexity index is 1650. The molecular formula is C24H22N2O3. The van der Waals surface area contributed by atoms with Gasteiger partial charge in [-0.1, -0.05) is 18.1 Å².